The summed E-state index contributed by atoms with van der Waals surface area (Å²) in [7, 11) is -2.99. The van der Waals surface area contributed by atoms with Crippen LogP contribution in [-0.4, -0.2) is 39.3 Å². The third-order valence-corrected chi connectivity index (χ3v) is 3.41. The molecule has 0 saturated heterocycles. The minimum atomic E-state index is -1.60. The number of nitrogens with one attached hydrogen (secondary N) is 1. The first-order valence-corrected chi connectivity index (χ1v) is 7.00. The van der Waals surface area contributed by atoms with Gasteiger partial charge in [0.15, 0.2) is 0 Å². The summed E-state index contributed by atoms with van der Waals surface area (Å²) in [6.07, 6.45) is 1.82. The Hall–Kier alpha value is -1.83. The van der Waals surface area contributed by atoms with E-state index in [-0.39, 0.29) is 10.5 Å². The molecule has 1 aromatic heterocycles. The lowest BCUT2D eigenvalue weighted by Gasteiger charge is -1.99. The van der Waals surface area contributed by atoms with Gasteiger partial charge >= 0.3 is 14.2 Å². The van der Waals surface area contributed by atoms with Crippen molar-refractivity contribution >= 4 is 47.7 Å². The van der Waals surface area contributed by atoms with E-state index >= 15 is 0 Å². The van der Waals surface area contributed by atoms with Crippen molar-refractivity contribution < 1.29 is 24.5 Å². The second-order valence-electron chi connectivity index (χ2n) is 4.75. The molecule has 9 heteroatoms. The number of hydrogen-bond donors (Lipinski definition) is 5. The highest BCUT2D eigenvalue weighted by molar-refractivity contribution is 6.59. The molecule has 5 nitrogen and oxygen atoms in total. The molecule has 3 rings (SSSR count). The molecule has 0 aliphatic carbocycles. The predicted molar refractivity (Wildman–Crippen MR) is 89.4 cm³/mol. The summed E-state index contributed by atoms with van der Waals surface area (Å²) >= 11 is 5.36. The largest absolute Gasteiger partial charge is 0.488 e. The van der Waals surface area contributed by atoms with Gasteiger partial charge in [0.2, 0.25) is 0 Å². The molecule has 0 spiro atoms. The summed E-state index contributed by atoms with van der Waals surface area (Å²) in [4.78, 5) is 3.02. The van der Waals surface area contributed by atoms with E-state index in [1.807, 2.05) is 18.3 Å². The highest BCUT2D eigenvalue weighted by Gasteiger charge is 2.12. The minimum Gasteiger partial charge on any atom is -0.423 e. The number of halogens is 2. The average Bonchev–Trinajstić information content (AvgIpc) is 2.97. The van der Waals surface area contributed by atoms with E-state index in [0.717, 1.165) is 17.0 Å². The molecule has 0 radical (unpaired) electrons. The molecule has 0 aliphatic heterocycles. The van der Waals surface area contributed by atoms with Crippen LogP contribution in [0.15, 0.2) is 48.7 Å². The van der Waals surface area contributed by atoms with E-state index in [9.17, 15) is 4.39 Å². The summed E-state index contributed by atoms with van der Waals surface area (Å²) in [5, 5.41) is 35.8. The van der Waals surface area contributed by atoms with Gasteiger partial charge in [-0.05, 0) is 40.6 Å². The molecule has 0 saturated carbocycles. The molecule has 5 N–H and O–H groups in total. The lowest BCUT2D eigenvalue weighted by Crippen LogP contribution is -2.29. The average molecular weight is 335 g/mol. The molecule has 0 fully saturated rings. The van der Waals surface area contributed by atoms with E-state index in [1.165, 1.54) is 12.1 Å². The Morgan fingerprint density at radius 2 is 1.48 bits per heavy atom. The van der Waals surface area contributed by atoms with Crippen molar-refractivity contribution in [2.24, 2.45) is 0 Å². The van der Waals surface area contributed by atoms with Crippen LogP contribution in [0.3, 0.4) is 0 Å². The second kappa shape index (κ2) is 7.63. The maximum absolute atomic E-state index is 12.5. The van der Waals surface area contributed by atoms with E-state index in [4.69, 9.17) is 31.7 Å². The van der Waals surface area contributed by atoms with Crippen molar-refractivity contribution in [2.45, 2.75) is 0 Å². The molecule has 0 amide bonds. The molecule has 118 valence electrons. The number of H-pyrrole nitrogens is 1. The van der Waals surface area contributed by atoms with Crippen LogP contribution in [-0.2, 0) is 0 Å². The second-order valence-corrected chi connectivity index (χ2v) is 5.15. The fraction of sp³-hybridized carbons (Fsp3) is 0. The van der Waals surface area contributed by atoms with Crippen LogP contribution in [0, 0.1) is 5.82 Å². The monoisotopic (exact) mass is 335 g/mol. The van der Waals surface area contributed by atoms with Crippen molar-refractivity contribution in [2.75, 3.05) is 0 Å². The van der Waals surface area contributed by atoms with Gasteiger partial charge < -0.3 is 25.1 Å². The highest BCUT2D eigenvalue weighted by Crippen LogP contribution is 2.11. The van der Waals surface area contributed by atoms with Gasteiger partial charge in [-0.25, -0.2) is 4.39 Å². The molecular formula is C14H13B2ClFNO4. The molecule has 0 atom stereocenters. The van der Waals surface area contributed by atoms with Crippen LogP contribution in [0.25, 0.3) is 10.9 Å². The van der Waals surface area contributed by atoms with E-state index in [0.29, 0.717) is 5.46 Å². The van der Waals surface area contributed by atoms with Crippen LogP contribution in [0.1, 0.15) is 0 Å². The lowest BCUT2D eigenvalue weighted by atomic mass is 9.80. The van der Waals surface area contributed by atoms with Crippen molar-refractivity contribution in [1.82, 2.24) is 4.98 Å². The molecular weight excluding hydrogens is 322 g/mol. The first-order chi connectivity index (χ1) is 10.9. The number of fused-ring (bicyclic) bond motifs is 1. The van der Waals surface area contributed by atoms with E-state index in [1.54, 1.807) is 12.1 Å². The molecule has 1 heterocycles. The summed E-state index contributed by atoms with van der Waals surface area (Å²) in [5.41, 5.74) is 1.69. The molecule has 23 heavy (non-hydrogen) atoms. The Bertz CT molecular complexity index is 797. The maximum atomic E-state index is 12.5. The van der Waals surface area contributed by atoms with Crippen LogP contribution in [0.4, 0.5) is 4.39 Å². The van der Waals surface area contributed by atoms with Crippen molar-refractivity contribution in [3.63, 3.8) is 0 Å². The minimum absolute atomic E-state index is 0.115. The fourth-order valence-corrected chi connectivity index (χ4v) is 2.09. The number of benzene rings is 2. The fourth-order valence-electron chi connectivity index (χ4n) is 1.91. The number of aromatic amines is 1. The van der Waals surface area contributed by atoms with E-state index in [2.05, 4.69) is 4.98 Å². The Balaban J connectivity index is 0.000000168. The highest BCUT2D eigenvalue weighted by atomic mass is 35.5. The third kappa shape index (κ3) is 4.57. The summed E-state index contributed by atoms with van der Waals surface area (Å²) in [6.45, 7) is 0. The summed E-state index contributed by atoms with van der Waals surface area (Å²) in [5.74, 6) is -0.573. The lowest BCUT2D eigenvalue weighted by molar-refractivity contribution is 0.424. The standard InChI is InChI=1S/C8H8BNO2.C6H5BClFO2/c11-9(12)7-1-2-8-6(5-7)3-4-10-8;8-5-3-4(7(10)11)1-2-6(5)9/h1-5,10-12H;1-3,10-11H. The Morgan fingerprint density at radius 1 is 0.870 bits per heavy atom. The smallest absolute Gasteiger partial charge is 0.423 e. The molecule has 0 unspecified atom stereocenters. The van der Waals surface area contributed by atoms with Gasteiger partial charge in [-0.3, -0.25) is 0 Å². The van der Waals surface area contributed by atoms with Crippen molar-refractivity contribution in [3.8, 4) is 0 Å². The quantitative estimate of drug-likeness (QED) is 0.426. The normalized spacial score (nSPS) is 10.2. The van der Waals surface area contributed by atoms with Gasteiger partial charge in [0.25, 0.3) is 0 Å². The Labute approximate surface area is 137 Å². The first kappa shape index (κ1) is 17.5. The van der Waals surface area contributed by atoms with Gasteiger partial charge in [0, 0.05) is 11.7 Å². The van der Waals surface area contributed by atoms with Crippen LogP contribution >= 0.6 is 11.6 Å². The molecule has 0 aliphatic rings. The Kier molecular flexibility index (Phi) is 5.81. The SMILES string of the molecule is OB(O)c1ccc(F)c(Cl)c1.OB(O)c1ccc2[nH]ccc2c1. The Morgan fingerprint density at radius 3 is 2.09 bits per heavy atom. The zero-order valence-corrected chi connectivity index (χ0v) is 12.6. The summed E-state index contributed by atoms with van der Waals surface area (Å²) < 4.78 is 12.5. The number of aromatic nitrogens is 1. The zero-order valence-electron chi connectivity index (χ0n) is 11.8. The summed E-state index contributed by atoms with van der Waals surface area (Å²) in [6, 6.07) is 10.6. The maximum Gasteiger partial charge on any atom is 0.488 e. The van der Waals surface area contributed by atoms with Crippen molar-refractivity contribution in [3.05, 3.63) is 59.5 Å². The van der Waals surface area contributed by atoms with Crippen LogP contribution < -0.4 is 10.9 Å². The molecule has 2 aromatic carbocycles. The molecule has 3 aromatic rings. The van der Waals surface area contributed by atoms with Gasteiger partial charge in [-0.1, -0.05) is 29.8 Å². The van der Waals surface area contributed by atoms with Gasteiger partial charge in [0.05, 0.1) is 5.02 Å². The number of hydrogen-bond acceptors (Lipinski definition) is 4. The van der Waals surface area contributed by atoms with E-state index < -0.39 is 20.1 Å². The van der Waals surface area contributed by atoms with Gasteiger partial charge in [0.1, 0.15) is 5.82 Å². The van der Waals surface area contributed by atoms with Gasteiger partial charge in [-0.15, -0.1) is 0 Å². The number of rotatable bonds is 2. The van der Waals surface area contributed by atoms with Crippen molar-refractivity contribution in [1.29, 1.82) is 0 Å². The third-order valence-electron chi connectivity index (χ3n) is 3.12. The topological polar surface area (TPSA) is 96.7 Å². The predicted octanol–water partition coefficient (Wildman–Crippen LogP) is 0.00660. The molecule has 0 bridgehead atoms. The van der Waals surface area contributed by atoms with Crippen LogP contribution in [0.2, 0.25) is 5.02 Å². The van der Waals surface area contributed by atoms with Crippen LogP contribution in [0.5, 0.6) is 0 Å². The first-order valence-electron chi connectivity index (χ1n) is 6.62. The van der Waals surface area contributed by atoms with Gasteiger partial charge in [-0.2, -0.15) is 0 Å². The zero-order chi connectivity index (χ0) is 17.0.